The highest BCUT2D eigenvalue weighted by atomic mass is 16.4. The number of nitrogens with zero attached hydrogens (tertiary/aromatic N) is 2. The number of hydrogen-bond donors (Lipinski definition) is 3. The predicted molar refractivity (Wildman–Crippen MR) is 88.5 cm³/mol. The normalized spacial score (nSPS) is 10.1. The molecule has 7 nitrogen and oxygen atoms in total. The van der Waals surface area contributed by atoms with Crippen LogP contribution < -0.4 is 5.73 Å². The van der Waals surface area contributed by atoms with Gasteiger partial charge in [0.15, 0.2) is 0 Å². The number of hydrogen-bond acceptors (Lipinski definition) is 4. The summed E-state index contributed by atoms with van der Waals surface area (Å²) in [6.45, 7) is 2.56. The number of aryl methyl sites for hydroxylation is 1. The fourth-order valence-corrected chi connectivity index (χ4v) is 2.18. The molecule has 4 N–H and O–H groups in total. The summed E-state index contributed by atoms with van der Waals surface area (Å²) in [6.07, 6.45) is 2.00. The van der Waals surface area contributed by atoms with Crippen LogP contribution in [0.1, 0.15) is 11.3 Å². The molecule has 0 aliphatic rings. The molecule has 1 aromatic carbocycles. The molecule has 0 atom stereocenters. The lowest BCUT2D eigenvalue weighted by molar-refractivity contribution is -0.159. The van der Waals surface area contributed by atoms with Gasteiger partial charge in [0.25, 0.3) is 0 Å². The summed E-state index contributed by atoms with van der Waals surface area (Å²) in [5.41, 5.74) is 11.2. The molecule has 2 heterocycles. The number of aromatic nitrogens is 2. The highest BCUT2D eigenvalue weighted by Gasteiger charge is 2.11. The van der Waals surface area contributed by atoms with Crippen LogP contribution >= 0.6 is 0 Å². The molecule has 3 aromatic rings. The third-order valence-corrected chi connectivity index (χ3v) is 3.33. The van der Waals surface area contributed by atoms with Crippen molar-refractivity contribution < 1.29 is 19.8 Å². The summed E-state index contributed by atoms with van der Waals surface area (Å²) in [4.78, 5) is 22.9. The van der Waals surface area contributed by atoms with E-state index in [1.807, 2.05) is 24.4 Å². The molecule has 0 saturated heterocycles. The molecule has 124 valence electrons. The minimum Gasteiger partial charge on any atom is -0.473 e. The Morgan fingerprint density at radius 3 is 2.25 bits per heavy atom. The zero-order valence-electron chi connectivity index (χ0n) is 13.0. The largest absolute Gasteiger partial charge is 0.473 e. The van der Waals surface area contributed by atoms with E-state index >= 15 is 0 Å². The zero-order valence-corrected chi connectivity index (χ0v) is 13.0. The number of pyridine rings is 1. The number of fused-ring (bicyclic) bond motifs is 1. The molecule has 0 radical (unpaired) electrons. The van der Waals surface area contributed by atoms with Crippen LogP contribution in [0.5, 0.6) is 0 Å². The van der Waals surface area contributed by atoms with Crippen molar-refractivity contribution in [3.05, 3.63) is 59.9 Å². The highest BCUT2D eigenvalue weighted by molar-refractivity contribution is 6.27. The Hall–Kier alpha value is -3.19. The van der Waals surface area contributed by atoms with Gasteiger partial charge in [0.05, 0.1) is 11.4 Å². The SMILES string of the molecule is Cc1ccc(-c2nc3ccccn3c2CN)cc1.O=C(O)C(=O)O. The quantitative estimate of drug-likeness (QED) is 0.619. The Balaban J connectivity index is 0.000000301. The molecule has 3 rings (SSSR count). The second kappa shape index (κ2) is 7.38. The maximum absolute atomic E-state index is 9.10. The summed E-state index contributed by atoms with van der Waals surface area (Å²) >= 11 is 0. The Morgan fingerprint density at radius 1 is 1.08 bits per heavy atom. The standard InChI is InChI=1S/C15H15N3.C2H2O4/c1-11-5-7-12(8-6-11)15-13(10-16)18-9-3-2-4-14(18)17-15;3-1(4)2(5)6/h2-9H,10,16H2,1H3;(H,3,4)(H,5,6). The number of rotatable bonds is 2. The lowest BCUT2D eigenvalue weighted by atomic mass is 10.1. The van der Waals surface area contributed by atoms with Gasteiger partial charge in [-0.15, -0.1) is 0 Å². The maximum Gasteiger partial charge on any atom is 0.414 e. The van der Waals surface area contributed by atoms with Gasteiger partial charge in [0.1, 0.15) is 5.65 Å². The first-order valence-electron chi connectivity index (χ1n) is 7.13. The van der Waals surface area contributed by atoms with E-state index in [1.54, 1.807) is 0 Å². The molecule has 2 aromatic heterocycles. The van der Waals surface area contributed by atoms with Crippen molar-refractivity contribution in [3.63, 3.8) is 0 Å². The lowest BCUT2D eigenvalue weighted by Crippen LogP contribution is -2.09. The van der Waals surface area contributed by atoms with E-state index in [0.717, 1.165) is 22.6 Å². The molecule has 0 aliphatic carbocycles. The van der Waals surface area contributed by atoms with Crippen molar-refractivity contribution in [2.75, 3.05) is 0 Å². The molecule has 0 saturated carbocycles. The van der Waals surface area contributed by atoms with Crippen LogP contribution in [0.15, 0.2) is 48.7 Å². The van der Waals surface area contributed by atoms with Crippen molar-refractivity contribution in [1.82, 2.24) is 9.38 Å². The highest BCUT2D eigenvalue weighted by Crippen LogP contribution is 2.24. The Labute approximate surface area is 138 Å². The summed E-state index contributed by atoms with van der Waals surface area (Å²) in [7, 11) is 0. The number of aliphatic carboxylic acids is 2. The van der Waals surface area contributed by atoms with E-state index < -0.39 is 11.9 Å². The lowest BCUT2D eigenvalue weighted by Gasteiger charge is -2.02. The number of benzene rings is 1. The maximum atomic E-state index is 9.10. The second-order valence-corrected chi connectivity index (χ2v) is 5.02. The zero-order chi connectivity index (χ0) is 17.7. The average molecular weight is 327 g/mol. The van der Waals surface area contributed by atoms with Gasteiger partial charge in [-0.25, -0.2) is 14.6 Å². The monoisotopic (exact) mass is 327 g/mol. The molecule has 7 heteroatoms. The molecule has 0 amide bonds. The minimum absolute atomic E-state index is 0.481. The van der Waals surface area contributed by atoms with Crippen LogP contribution in [0.4, 0.5) is 0 Å². The van der Waals surface area contributed by atoms with E-state index in [-0.39, 0.29) is 0 Å². The van der Waals surface area contributed by atoms with E-state index in [1.165, 1.54) is 5.56 Å². The fourth-order valence-electron chi connectivity index (χ4n) is 2.18. The summed E-state index contributed by atoms with van der Waals surface area (Å²) in [6, 6.07) is 14.4. The molecule has 24 heavy (non-hydrogen) atoms. The van der Waals surface area contributed by atoms with Gasteiger partial charge >= 0.3 is 11.9 Å². The molecule has 0 fully saturated rings. The number of nitrogens with two attached hydrogens (primary N) is 1. The predicted octanol–water partition coefficient (Wildman–Crippen LogP) is 1.92. The van der Waals surface area contributed by atoms with Gasteiger partial charge in [-0.2, -0.15) is 0 Å². The Morgan fingerprint density at radius 2 is 1.71 bits per heavy atom. The Bertz CT molecular complexity index is 857. The van der Waals surface area contributed by atoms with Crippen LogP contribution in [-0.4, -0.2) is 31.5 Å². The van der Waals surface area contributed by atoms with Gasteiger partial charge in [-0.05, 0) is 19.1 Å². The molecular formula is C17H17N3O4. The second-order valence-electron chi connectivity index (χ2n) is 5.02. The van der Waals surface area contributed by atoms with Crippen molar-refractivity contribution in [3.8, 4) is 11.3 Å². The molecule has 0 bridgehead atoms. The van der Waals surface area contributed by atoms with Crippen molar-refractivity contribution in [2.24, 2.45) is 5.73 Å². The molecular weight excluding hydrogens is 310 g/mol. The molecule has 0 aliphatic heterocycles. The third kappa shape index (κ3) is 3.76. The van der Waals surface area contributed by atoms with Crippen LogP contribution in [0, 0.1) is 6.92 Å². The minimum atomic E-state index is -1.82. The summed E-state index contributed by atoms with van der Waals surface area (Å²) < 4.78 is 2.05. The number of imidazole rings is 1. The van der Waals surface area contributed by atoms with Gasteiger partial charge < -0.3 is 20.3 Å². The first-order chi connectivity index (χ1) is 11.4. The van der Waals surface area contributed by atoms with Crippen molar-refractivity contribution in [1.29, 1.82) is 0 Å². The topological polar surface area (TPSA) is 118 Å². The summed E-state index contributed by atoms with van der Waals surface area (Å²) in [5, 5.41) is 14.8. The van der Waals surface area contributed by atoms with Crippen molar-refractivity contribution in [2.45, 2.75) is 13.5 Å². The van der Waals surface area contributed by atoms with Crippen LogP contribution in [0.2, 0.25) is 0 Å². The molecule has 0 unspecified atom stereocenters. The number of carboxylic acid groups (broad SMARTS) is 2. The Kier molecular flexibility index (Phi) is 5.28. The number of carboxylic acids is 2. The first-order valence-corrected chi connectivity index (χ1v) is 7.13. The van der Waals surface area contributed by atoms with E-state index in [0.29, 0.717) is 6.54 Å². The van der Waals surface area contributed by atoms with E-state index in [4.69, 9.17) is 25.5 Å². The molecule has 0 spiro atoms. The van der Waals surface area contributed by atoms with Crippen molar-refractivity contribution >= 4 is 17.6 Å². The van der Waals surface area contributed by atoms with Gasteiger partial charge in [-0.1, -0.05) is 35.9 Å². The van der Waals surface area contributed by atoms with E-state index in [2.05, 4.69) is 40.6 Å². The van der Waals surface area contributed by atoms with Crippen LogP contribution in [-0.2, 0) is 16.1 Å². The first kappa shape index (κ1) is 17.2. The van der Waals surface area contributed by atoms with E-state index in [9.17, 15) is 0 Å². The van der Waals surface area contributed by atoms with Gasteiger partial charge in [0.2, 0.25) is 0 Å². The number of carbonyl (C=O) groups is 2. The van der Waals surface area contributed by atoms with Gasteiger partial charge in [-0.3, -0.25) is 0 Å². The third-order valence-electron chi connectivity index (χ3n) is 3.33. The van der Waals surface area contributed by atoms with Crippen LogP contribution in [0.3, 0.4) is 0 Å². The smallest absolute Gasteiger partial charge is 0.414 e. The average Bonchev–Trinajstić information content (AvgIpc) is 2.94. The summed E-state index contributed by atoms with van der Waals surface area (Å²) in [5.74, 6) is -3.65. The van der Waals surface area contributed by atoms with Gasteiger partial charge in [0, 0.05) is 18.3 Å². The fraction of sp³-hybridized carbons (Fsp3) is 0.118. The van der Waals surface area contributed by atoms with Crippen LogP contribution in [0.25, 0.3) is 16.9 Å².